The fraction of sp³-hybridized carbons (Fsp3) is 1.00. The first-order chi connectivity index (χ1) is 5.63. The van der Waals surface area contributed by atoms with Crippen LogP contribution in [0.1, 0.15) is 33.6 Å². The van der Waals surface area contributed by atoms with Crippen LogP contribution in [0.5, 0.6) is 0 Å². The maximum atomic E-state index is 3.67. The predicted octanol–water partition coefficient (Wildman–Crippen LogP) is 1.47. The number of hydrogen-bond donors (Lipinski definition) is 1. The smallest absolute Gasteiger partial charge is 0.0304 e. The van der Waals surface area contributed by atoms with Crippen LogP contribution in [0.15, 0.2) is 0 Å². The van der Waals surface area contributed by atoms with Gasteiger partial charge in [-0.25, -0.2) is 0 Å². The molecule has 72 valence electrons. The van der Waals surface area contributed by atoms with E-state index in [4.69, 9.17) is 0 Å². The van der Waals surface area contributed by atoms with Crippen molar-refractivity contribution < 1.29 is 0 Å². The molecule has 0 aromatic heterocycles. The van der Waals surface area contributed by atoms with Crippen molar-refractivity contribution in [2.24, 2.45) is 0 Å². The highest BCUT2D eigenvalue weighted by atomic mass is 15.2. The molecule has 0 saturated carbocycles. The maximum Gasteiger partial charge on any atom is 0.0304 e. The van der Waals surface area contributed by atoms with E-state index in [0.29, 0.717) is 11.6 Å². The second-order valence-electron chi connectivity index (χ2n) is 4.13. The highest BCUT2D eigenvalue weighted by Crippen LogP contribution is 2.20. The summed E-state index contributed by atoms with van der Waals surface area (Å²) in [7, 11) is 2.23. The van der Waals surface area contributed by atoms with Gasteiger partial charge in [-0.3, -0.25) is 0 Å². The van der Waals surface area contributed by atoms with Gasteiger partial charge in [0.1, 0.15) is 0 Å². The van der Waals surface area contributed by atoms with Crippen LogP contribution < -0.4 is 5.32 Å². The Hall–Kier alpha value is -0.0800. The Kier molecular flexibility index (Phi) is 3.13. The largest absolute Gasteiger partial charge is 0.308 e. The highest BCUT2D eigenvalue weighted by Gasteiger charge is 2.32. The van der Waals surface area contributed by atoms with E-state index in [2.05, 4.69) is 38.0 Å². The van der Waals surface area contributed by atoms with Gasteiger partial charge in [0.05, 0.1) is 0 Å². The van der Waals surface area contributed by atoms with Crippen molar-refractivity contribution in [2.45, 2.75) is 45.2 Å². The first-order valence-electron chi connectivity index (χ1n) is 5.09. The molecule has 1 fully saturated rings. The van der Waals surface area contributed by atoms with Gasteiger partial charge in [-0.1, -0.05) is 13.8 Å². The lowest BCUT2D eigenvalue weighted by molar-refractivity contribution is 0.105. The monoisotopic (exact) mass is 170 g/mol. The van der Waals surface area contributed by atoms with Gasteiger partial charge in [0, 0.05) is 24.7 Å². The Morgan fingerprint density at radius 3 is 2.42 bits per heavy atom. The molecular weight excluding hydrogens is 148 g/mol. The van der Waals surface area contributed by atoms with Crippen LogP contribution in [-0.2, 0) is 0 Å². The quantitative estimate of drug-likeness (QED) is 0.675. The Morgan fingerprint density at radius 2 is 2.00 bits per heavy atom. The molecule has 0 aliphatic carbocycles. The van der Waals surface area contributed by atoms with Gasteiger partial charge in [0.25, 0.3) is 0 Å². The number of hydrogen-bond acceptors (Lipinski definition) is 2. The topological polar surface area (TPSA) is 15.3 Å². The van der Waals surface area contributed by atoms with Gasteiger partial charge in [0.2, 0.25) is 0 Å². The summed E-state index contributed by atoms with van der Waals surface area (Å²) in [6, 6.07) is 0.691. The normalized spacial score (nSPS) is 30.5. The number of piperazine rings is 1. The van der Waals surface area contributed by atoms with Crippen molar-refractivity contribution in [2.75, 3.05) is 20.1 Å². The molecule has 12 heavy (non-hydrogen) atoms. The van der Waals surface area contributed by atoms with Crippen LogP contribution in [0.25, 0.3) is 0 Å². The number of likely N-dealkylation sites (N-methyl/N-ethyl adjacent to an activating group) is 1. The van der Waals surface area contributed by atoms with Crippen LogP contribution in [0.4, 0.5) is 0 Å². The van der Waals surface area contributed by atoms with E-state index in [-0.39, 0.29) is 0 Å². The summed E-state index contributed by atoms with van der Waals surface area (Å²) in [5.41, 5.74) is 0.390. The molecule has 0 bridgehead atoms. The summed E-state index contributed by atoms with van der Waals surface area (Å²) in [6.07, 6.45) is 2.47. The molecule has 2 nitrogen and oxygen atoms in total. The van der Waals surface area contributed by atoms with Crippen LogP contribution in [0.3, 0.4) is 0 Å². The van der Waals surface area contributed by atoms with E-state index in [1.807, 2.05) is 0 Å². The van der Waals surface area contributed by atoms with Gasteiger partial charge >= 0.3 is 0 Å². The van der Waals surface area contributed by atoms with E-state index >= 15 is 0 Å². The zero-order chi connectivity index (χ0) is 9.19. The minimum absolute atomic E-state index is 0.390. The molecular formula is C10H22N2. The van der Waals surface area contributed by atoms with E-state index < -0.39 is 0 Å². The fourth-order valence-corrected chi connectivity index (χ4v) is 1.93. The molecule has 1 aliphatic rings. The average Bonchev–Trinajstić information content (AvgIpc) is 2.10. The third kappa shape index (κ3) is 1.80. The van der Waals surface area contributed by atoms with Crippen molar-refractivity contribution in [1.29, 1.82) is 0 Å². The summed E-state index contributed by atoms with van der Waals surface area (Å²) in [5.74, 6) is 0. The lowest BCUT2D eigenvalue weighted by Crippen LogP contribution is -2.61. The Labute approximate surface area is 76.3 Å². The number of nitrogens with zero attached hydrogens (tertiary/aromatic N) is 1. The van der Waals surface area contributed by atoms with E-state index in [1.165, 1.54) is 19.4 Å². The minimum Gasteiger partial charge on any atom is -0.308 e. The zero-order valence-corrected chi connectivity index (χ0v) is 8.85. The summed E-state index contributed by atoms with van der Waals surface area (Å²) in [6.45, 7) is 9.17. The van der Waals surface area contributed by atoms with Crippen LogP contribution in [-0.4, -0.2) is 36.6 Å². The maximum absolute atomic E-state index is 3.67. The zero-order valence-electron chi connectivity index (χ0n) is 8.85. The van der Waals surface area contributed by atoms with Gasteiger partial charge < -0.3 is 10.2 Å². The molecule has 1 heterocycles. The van der Waals surface area contributed by atoms with Crippen molar-refractivity contribution >= 4 is 0 Å². The molecule has 1 aliphatic heterocycles. The van der Waals surface area contributed by atoms with Crippen LogP contribution in [0.2, 0.25) is 0 Å². The lowest BCUT2D eigenvalue weighted by atomic mass is 9.89. The van der Waals surface area contributed by atoms with Crippen molar-refractivity contribution in [3.8, 4) is 0 Å². The van der Waals surface area contributed by atoms with Crippen LogP contribution in [0, 0.1) is 0 Å². The molecule has 0 aromatic carbocycles. The number of nitrogens with one attached hydrogen (secondary N) is 1. The van der Waals surface area contributed by atoms with Crippen molar-refractivity contribution in [3.05, 3.63) is 0 Å². The summed E-state index contributed by atoms with van der Waals surface area (Å²) in [4.78, 5) is 2.46. The van der Waals surface area contributed by atoms with Gasteiger partial charge in [-0.15, -0.1) is 0 Å². The highest BCUT2D eigenvalue weighted by molar-refractivity contribution is 4.94. The molecule has 0 aromatic rings. The second-order valence-corrected chi connectivity index (χ2v) is 4.13. The lowest BCUT2D eigenvalue weighted by Gasteiger charge is -2.45. The summed E-state index contributed by atoms with van der Waals surface area (Å²) < 4.78 is 0. The summed E-state index contributed by atoms with van der Waals surface area (Å²) in [5, 5.41) is 3.67. The van der Waals surface area contributed by atoms with E-state index in [9.17, 15) is 0 Å². The van der Waals surface area contributed by atoms with E-state index in [1.54, 1.807) is 0 Å². The first-order valence-corrected chi connectivity index (χ1v) is 5.09. The van der Waals surface area contributed by atoms with Crippen LogP contribution >= 0.6 is 0 Å². The third-order valence-corrected chi connectivity index (χ3v) is 3.43. The van der Waals surface area contributed by atoms with Gasteiger partial charge in [-0.2, -0.15) is 0 Å². The standard InChI is InChI=1S/C10H22N2/c1-5-10(6-2)8-12(4)9(3)7-11-10/h9,11H,5-8H2,1-4H3. The molecule has 1 rings (SSSR count). The van der Waals surface area contributed by atoms with Gasteiger partial charge in [-0.05, 0) is 26.8 Å². The van der Waals surface area contributed by atoms with E-state index in [0.717, 1.165) is 6.54 Å². The molecule has 1 saturated heterocycles. The molecule has 2 heteroatoms. The number of rotatable bonds is 2. The molecule has 0 radical (unpaired) electrons. The Morgan fingerprint density at radius 1 is 1.42 bits per heavy atom. The molecule has 0 amide bonds. The second kappa shape index (κ2) is 3.75. The molecule has 1 unspecified atom stereocenters. The molecule has 1 atom stereocenters. The van der Waals surface area contributed by atoms with Crippen molar-refractivity contribution in [3.63, 3.8) is 0 Å². The molecule has 1 N–H and O–H groups in total. The fourth-order valence-electron chi connectivity index (χ4n) is 1.93. The third-order valence-electron chi connectivity index (χ3n) is 3.43. The SMILES string of the molecule is CCC1(CC)CN(C)C(C)CN1. The van der Waals surface area contributed by atoms with Crippen molar-refractivity contribution in [1.82, 2.24) is 10.2 Å². The first kappa shape index (κ1) is 10.0. The van der Waals surface area contributed by atoms with Gasteiger partial charge in [0.15, 0.2) is 0 Å². The average molecular weight is 170 g/mol. The molecule has 0 spiro atoms. The summed E-state index contributed by atoms with van der Waals surface area (Å²) >= 11 is 0. The Balaban J connectivity index is 2.58. The minimum atomic E-state index is 0.390. The predicted molar refractivity (Wildman–Crippen MR) is 53.4 cm³/mol. The Bertz CT molecular complexity index is 141.